The minimum Gasteiger partial charge on any atom is -0.475 e. The summed E-state index contributed by atoms with van der Waals surface area (Å²) in [7, 11) is 0. The predicted octanol–water partition coefficient (Wildman–Crippen LogP) is 6.68. The molecule has 1 unspecified atom stereocenters. The van der Waals surface area contributed by atoms with Crippen LogP contribution in [0.15, 0.2) is 66.4 Å². The Morgan fingerprint density at radius 2 is 1.78 bits per heavy atom. The molecule has 7 nitrogen and oxygen atoms in total. The van der Waals surface area contributed by atoms with Crippen molar-refractivity contribution in [2.75, 3.05) is 16.5 Å². The van der Waals surface area contributed by atoms with Gasteiger partial charge in [-0.3, -0.25) is 5.01 Å². The lowest BCUT2D eigenvalue weighted by atomic mass is 9.83. The van der Waals surface area contributed by atoms with Gasteiger partial charge in [0.2, 0.25) is 5.82 Å². The number of carbonyl (C=O) groups is 1. The number of allylic oxidation sites excluding steroid dienone is 1. The number of alkyl halides is 3. The second-order valence-corrected chi connectivity index (χ2v) is 11.0. The van der Waals surface area contributed by atoms with E-state index in [9.17, 15) is 23.1 Å². The summed E-state index contributed by atoms with van der Waals surface area (Å²) >= 11 is 0. The van der Waals surface area contributed by atoms with Gasteiger partial charge in [0.05, 0.1) is 11.8 Å². The summed E-state index contributed by atoms with van der Waals surface area (Å²) in [5, 5.41) is 11.6. The van der Waals surface area contributed by atoms with Crippen molar-refractivity contribution in [1.29, 1.82) is 0 Å². The van der Waals surface area contributed by atoms with Gasteiger partial charge in [0.25, 0.3) is 0 Å². The number of rotatable bonds is 9. The molecular formula is C31H32F3N5O2. The monoisotopic (exact) mass is 563 g/mol. The van der Waals surface area contributed by atoms with Crippen LogP contribution >= 0.6 is 0 Å². The second kappa shape index (κ2) is 11.2. The van der Waals surface area contributed by atoms with E-state index in [2.05, 4.69) is 32.4 Å². The van der Waals surface area contributed by atoms with E-state index in [0.29, 0.717) is 36.1 Å². The van der Waals surface area contributed by atoms with Gasteiger partial charge in [-0.1, -0.05) is 61.7 Å². The molecule has 2 heterocycles. The van der Waals surface area contributed by atoms with Gasteiger partial charge < -0.3 is 10.0 Å². The van der Waals surface area contributed by atoms with Crippen LogP contribution in [0.5, 0.6) is 0 Å². The van der Waals surface area contributed by atoms with Crippen LogP contribution in [0.1, 0.15) is 72.3 Å². The Labute approximate surface area is 236 Å². The number of anilines is 2. The van der Waals surface area contributed by atoms with Crippen LogP contribution in [0.3, 0.4) is 0 Å². The third kappa shape index (κ3) is 5.53. The maximum atomic E-state index is 13.3. The van der Waals surface area contributed by atoms with Gasteiger partial charge >= 0.3 is 12.1 Å². The third-order valence-electron chi connectivity index (χ3n) is 8.41. The third-order valence-corrected chi connectivity index (χ3v) is 8.41. The van der Waals surface area contributed by atoms with Crippen molar-refractivity contribution in [3.05, 3.63) is 88.9 Å². The number of benzene rings is 2. The molecule has 2 N–H and O–H groups in total. The van der Waals surface area contributed by atoms with Crippen molar-refractivity contribution in [2.24, 2.45) is 5.92 Å². The van der Waals surface area contributed by atoms with Gasteiger partial charge in [0, 0.05) is 13.1 Å². The van der Waals surface area contributed by atoms with Crippen molar-refractivity contribution in [3.63, 3.8) is 0 Å². The summed E-state index contributed by atoms with van der Waals surface area (Å²) in [6.07, 6.45) is 4.17. The van der Waals surface area contributed by atoms with Crippen molar-refractivity contribution in [3.8, 4) is 0 Å². The average Bonchev–Trinajstić information content (AvgIpc) is 3.53. The van der Waals surface area contributed by atoms with E-state index in [1.54, 1.807) is 0 Å². The zero-order valence-electron chi connectivity index (χ0n) is 22.6. The van der Waals surface area contributed by atoms with E-state index >= 15 is 0 Å². The zero-order valence-corrected chi connectivity index (χ0v) is 22.6. The molecule has 1 aliphatic heterocycles. The number of nitrogens with zero attached hydrogens (tertiary/aromatic N) is 4. The first-order valence-electron chi connectivity index (χ1n) is 14.1. The quantitative estimate of drug-likeness (QED) is 0.301. The van der Waals surface area contributed by atoms with E-state index in [-0.39, 0.29) is 12.0 Å². The fourth-order valence-corrected chi connectivity index (χ4v) is 6.10. The standard InChI is InChI=1S/C31H32F3N5O2/c32-31(33,34)23-14-12-21(13-15-23)19-38-26-18-35-27(30(40)41)37-28(26)39(36-17-16-20-6-4-7-20)29(38)25-11-5-10-24(25)22-8-2-1-3-9-22/h1-3,8-9,12-15,18,20,29,36H,4-7,10-11,16-17,19H2,(H,40,41). The minimum absolute atomic E-state index is 0.298. The smallest absolute Gasteiger partial charge is 0.416 e. The maximum absolute atomic E-state index is 13.3. The Morgan fingerprint density at radius 1 is 1.02 bits per heavy atom. The number of hydrazine groups is 1. The molecule has 3 aromatic rings. The molecule has 10 heteroatoms. The molecule has 3 aliphatic rings. The van der Waals surface area contributed by atoms with Crippen LogP contribution in [-0.2, 0) is 12.7 Å². The topological polar surface area (TPSA) is 81.6 Å². The molecular weight excluding hydrogens is 531 g/mol. The first kappa shape index (κ1) is 27.3. The Kier molecular flexibility index (Phi) is 7.42. The fourth-order valence-electron chi connectivity index (χ4n) is 6.10. The molecule has 2 aromatic carbocycles. The molecule has 2 aliphatic carbocycles. The van der Waals surface area contributed by atoms with Crippen molar-refractivity contribution in [1.82, 2.24) is 15.4 Å². The summed E-state index contributed by atoms with van der Waals surface area (Å²) in [5.74, 6) is -0.370. The molecule has 41 heavy (non-hydrogen) atoms. The maximum Gasteiger partial charge on any atom is 0.416 e. The Morgan fingerprint density at radius 3 is 2.44 bits per heavy atom. The molecule has 1 aromatic heterocycles. The van der Waals surface area contributed by atoms with Crippen LogP contribution in [0, 0.1) is 5.92 Å². The molecule has 6 rings (SSSR count). The van der Waals surface area contributed by atoms with Crippen LogP contribution in [-0.4, -0.2) is 33.8 Å². The van der Waals surface area contributed by atoms with E-state index in [4.69, 9.17) is 0 Å². The molecule has 0 saturated heterocycles. The lowest BCUT2D eigenvalue weighted by molar-refractivity contribution is -0.137. The summed E-state index contributed by atoms with van der Waals surface area (Å²) in [6.45, 7) is 1.01. The average molecular weight is 564 g/mol. The van der Waals surface area contributed by atoms with Crippen LogP contribution in [0.2, 0.25) is 0 Å². The highest BCUT2D eigenvalue weighted by molar-refractivity contribution is 5.86. The number of carboxylic acids is 1. The molecule has 1 saturated carbocycles. The van der Waals surface area contributed by atoms with Crippen LogP contribution in [0.4, 0.5) is 24.7 Å². The molecule has 1 atom stereocenters. The number of hydrogen-bond donors (Lipinski definition) is 2. The number of aromatic nitrogens is 2. The lowest BCUT2D eigenvalue weighted by Gasteiger charge is -2.35. The highest BCUT2D eigenvalue weighted by Crippen LogP contribution is 2.46. The Balaban J connectivity index is 1.42. The van der Waals surface area contributed by atoms with E-state index < -0.39 is 17.7 Å². The fraction of sp³-hybridized carbons (Fsp3) is 0.387. The molecule has 1 fully saturated rings. The Hall–Kier alpha value is -3.92. The SMILES string of the molecule is O=C(O)c1ncc2c(n1)N(NCCC1CCC1)C(C1=C(c3ccccc3)CCC1)N2Cc1ccc(C(F)(F)F)cc1. The molecule has 0 amide bonds. The highest BCUT2D eigenvalue weighted by atomic mass is 19.4. The predicted molar refractivity (Wildman–Crippen MR) is 150 cm³/mol. The largest absolute Gasteiger partial charge is 0.475 e. The van der Waals surface area contributed by atoms with Crippen LogP contribution < -0.4 is 15.3 Å². The number of aromatic carboxylic acids is 1. The van der Waals surface area contributed by atoms with Gasteiger partial charge in [0.1, 0.15) is 11.9 Å². The van der Waals surface area contributed by atoms with Crippen LogP contribution in [0.25, 0.3) is 5.57 Å². The minimum atomic E-state index is -4.41. The molecule has 0 bridgehead atoms. The second-order valence-electron chi connectivity index (χ2n) is 11.0. The van der Waals surface area contributed by atoms with Crippen molar-refractivity contribution >= 4 is 23.0 Å². The molecule has 0 radical (unpaired) electrons. The van der Waals surface area contributed by atoms with Gasteiger partial charge in [-0.05, 0) is 66.0 Å². The van der Waals surface area contributed by atoms with E-state index in [0.717, 1.165) is 43.4 Å². The van der Waals surface area contributed by atoms with Gasteiger partial charge in [-0.15, -0.1) is 0 Å². The van der Waals surface area contributed by atoms with Gasteiger partial charge in [0.15, 0.2) is 5.82 Å². The number of halogens is 3. The summed E-state index contributed by atoms with van der Waals surface area (Å²) in [5.41, 5.74) is 7.78. The Bertz CT molecular complexity index is 1440. The van der Waals surface area contributed by atoms with E-state index in [1.165, 1.54) is 48.7 Å². The molecule has 214 valence electrons. The first-order chi connectivity index (χ1) is 19.8. The normalized spacial score (nSPS) is 19.0. The summed E-state index contributed by atoms with van der Waals surface area (Å²) in [6, 6.07) is 15.4. The number of nitrogens with one attached hydrogen (secondary N) is 1. The van der Waals surface area contributed by atoms with Crippen molar-refractivity contribution < 1.29 is 23.1 Å². The zero-order chi connectivity index (χ0) is 28.6. The number of hydrogen-bond acceptors (Lipinski definition) is 6. The lowest BCUT2D eigenvalue weighted by Crippen LogP contribution is -2.51. The van der Waals surface area contributed by atoms with Gasteiger partial charge in [-0.2, -0.15) is 13.2 Å². The first-order valence-corrected chi connectivity index (χ1v) is 14.1. The molecule has 0 spiro atoms. The van der Waals surface area contributed by atoms with E-state index in [1.807, 2.05) is 23.2 Å². The van der Waals surface area contributed by atoms with Crippen molar-refractivity contribution in [2.45, 2.75) is 63.8 Å². The van der Waals surface area contributed by atoms with Gasteiger partial charge in [-0.25, -0.2) is 20.2 Å². The number of fused-ring (bicyclic) bond motifs is 1. The summed E-state index contributed by atoms with van der Waals surface area (Å²) < 4.78 is 39.8. The highest BCUT2D eigenvalue weighted by Gasteiger charge is 2.42. The number of carboxylic acid groups (broad SMARTS) is 1. The summed E-state index contributed by atoms with van der Waals surface area (Å²) in [4.78, 5) is 22.5.